The molecule has 1 fully saturated rings. The summed E-state index contributed by atoms with van der Waals surface area (Å²) in [6.07, 6.45) is 1.50. The molecule has 1 saturated heterocycles. The number of carboxylic acids is 1. The number of thiazole rings is 1. The molecule has 2 aromatic rings. The third-order valence-corrected chi connectivity index (χ3v) is 5.31. The van der Waals surface area contributed by atoms with Crippen molar-refractivity contribution in [2.24, 2.45) is 0 Å². The van der Waals surface area contributed by atoms with Gasteiger partial charge < -0.3 is 15.2 Å². The number of ether oxygens (including phenoxy) is 1. The van der Waals surface area contributed by atoms with Crippen LogP contribution >= 0.6 is 22.9 Å². The lowest BCUT2D eigenvalue weighted by atomic mass is 9.86. The van der Waals surface area contributed by atoms with Gasteiger partial charge in [-0.2, -0.15) is 0 Å². The SMILES string of the molecule is O=C(O)CC1(NCc2nc(-c3cccc(Cl)c3)cs2)CCOCC1. The van der Waals surface area contributed by atoms with Gasteiger partial charge in [0.25, 0.3) is 0 Å². The Kier molecular flexibility index (Phi) is 5.50. The number of carboxylic acid groups (broad SMARTS) is 1. The quantitative estimate of drug-likeness (QED) is 0.817. The van der Waals surface area contributed by atoms with Crippen LogP contribution in [0.3, 0.4) is 0 Å². The first-order chi connectivity index (χ1) is 11.6. The van der Waals surface area contributed by atoms with Crippen molar-refractivity contribution >= 4 is 28.9 Å². The van der Waals surface area contributed by atoms with E-state index >= 15 is 0 Å². The van der Waals surface area contributed by atoms with E-state index in [1.165, 1.54) is 0 Å². The molecule has 1 aromatic heterocycles. The van der Waals surface area contributed by atoms with Crippen LogP contribution in [0, 0.1) is 0 Å². The number of halogens is 1. The minimum absolute atomic E-state index is 0.100. The highest BCUT2D eigenvalue weighted by molar-refractivity contribution is 7.09. The largest absolute Gasteiger partial charge is 0.481 e. The van der Waals surface area contributed by atoms with Crippen molar-refractivity contribution in [3.63, 3.8) is 0 Å². The average molecular weight is 367 g/mol. The van der Waals surface area contributed by atoms with Crippen molar-refractivity contribution in [1.29, 1.82) is 0 Å². The maximum atomic E-state index is 11.2. The number of aromatic nitrogens is 1. The van der Waals surface area contributed by atoms with Gasteiger partial charge in [0.15, 0.2) is 0 Å². The molecule has 7 heteroatoms. The number of rotatable bonds is 6. The topological polar surface area (TPSA) is 71.5 Å². The van der Waals surface area contributed by atoms with Crippen LogP contribution in [0.4, 0.5) is 0 Å². The molecule has 128 valence electrons. The maximum absolute atomic E-state index is 11.2. The van der Waals surface area contributed by atoms with Crippen LogP contribution in [-0.4, -0.2) is 34.8 Å². The molecule has 0 spiro atoms. The summed E-state index contributed by atoms with van der Waals surface area (Å²) in [4.78, 5) is 15.8. The van der Waals surface area contributed by atoms with Crippen molar-refractivity contribution in [3.05, 3.63) is 39.7 Å². The molecule has 0 atom stereocenters. The summed E-state index contributed by atoms with van der Waals surface area (Å²) in [5, 5.41) is 16.2. The smallest absolute Gasteiger partial charge is 0.305 e. The molecule has 0 aliphatic carbocycles. The van der Waals surface area contributed by atoms with E-state index in [1.54, 1.807) is 11.3 Å². The van der Waals surface area contributed by atoms with Gasteiger partial charge in [-0.25, -0.2) is 4.98 Å². The zero-order chi connectivity index (χ0) is 17.0. The minimum atomic E-state index is -0.789. The molecular weight excluding hydrogens is 348 g/mol. The summed E-state index contributed by atoms with van der Waals surface area (Å²) < 4.78 is 5.37. The second-order valence-corrected chi connectivity index (χ2v) is 7.33. The van der Waals surface area contributed by atoms with Crippen molar-refractivity contribution < 1.29 is 14.6 Å². The molecule has 1 aliphatic rings. The van der Waals surface area contributed by atoms with Crippen LogP contribution in [0.5, 0.6) is 0 Å². The Labute approximate surface area is 149 Å². The predicted octanol–water partition coefficient (Wildman–Crippen LogP) is 3.58. The van der Waals surface area contributed by atoms with E-state index in [0.717, 1.165) is 16.3 Å². The Bertz CT molecular complexity index is 713. The zero-order valence-electron chi connectivity index (χ0n) is 13.1. The first-order valence-corrected chi connectivity index (χ1v) is 9.07. The van der Waals surface area contributed by atoms with Crippen LogP contribution in [0.15, 0.2) is 29.6 Å². The van der Waals surface area contributed by atoms with E-state index in [-0.39, 0.29) is 6.42 Å². The number of carbonyl (C=O) groups is 1. The van der Waals surface area contributed by atoms with Gasteiger partial charge >= 0.3 is 5.97 Å². The molecule has 2 N–H and O–H groups in total. The molecule has 3 rings (SSSR count). The van der Waals surface area contributed by atoms with Crippen LogP contribution < -0.4 is 5.32 Å². The van der Waals surface area contributed by atoms with Gasteiger partial charge in [-0.1, -0.05) is 23.7 Å². The minimum Gasteiger partial charge on any atom is -0.481 e. The summed E-state index contributed by atoms with van der Waals surface area (Å²) in [6, 6.07) is 7.60. The van der Waals surface area contributed by atoms with E-state index in [4.69, 9.17) is 16.3 Å². The molecular formula is C17H19ClN2O3S. The monoisotopic (exact) mass is 366 g/mol. The molecule has 1 aliphatic heterocycles. The van der Waals surface area contributed by atoms with Crippen molar-refractivity contribution in [2.45, 2.75) is 31.3 Å². The van der Waals surface area contributed by atoms with Gasteiger partial charge in [0, 0.05) is 41.3 Å². The lowest BCUT2D eigenvalue weighted by Crippen LogP contribution is -2.50. The fourth-order valence-corrected chi connectivity index (χ4v) is 3.84. The Balaban J connectivity index is 1.68. The number of benzene rings is 1. The van der Waals surface area contributed by atoms with Crippen molar-refractivity contribution in [1.82, 2.24) is 10.3 Å². The average Bonchev–Trinajstić information content (AvgIpc) is 3.02. The van der Waals surface area contributed by atoms with Crippen LogP contribution in [0.1, 0.15) is 24.3 Å². The highest BCUT2D eigenvalue weighted by Gasteiger charge is 2.34. The van der Waals surface area contributed by atoms with Gasteiger partial charge in [-0.3, -0.25) is 4.79 Å². The molecule has 0 amide bonds. The highest BCUT2D eigenvalue weighted by Crippen LogP contribution is 2.27. The number of aliphatic carboxylic acids is 1. The molecule has 0 unspecified atom stereocenters. The van der Waals surface area contributed by atoms with E-state index in [0.29, 0.717) is 37.6 Å². The molecule has 2 heterocycles. The van der Waals surface area contributed by atoms with Crippen molar-refractivity contribution in [3.8, 4) is 11.3 Å². The fourth-order valence-electron chi connectivity index (χ4n) is 2.90. The van der Waals surface area contributed by atoms with Gasteiger partial charge in [-0.15, -0.1) is 11.3 Å². The van der Waals surface area contributed by atoms with Crippen LogP contribution in [0.2, 0.25) is 5.02 Å². The maximum Gasteiger partial charge on any atom is 0.305 e. The van der Waals surface area contributed by atoms with Gasteiger partial charge in [0.1, 0.15) is 5.01 Å². The van der Waals surface area contributed by atoms with Crippen LogP contribution in [-0.2, 0) is 16.1 Å². The second kappa shape index (κ2) is 7.61. The first kappa shape index (κ1) is 17.4. The van der Waals surface area contributed by atoms with E-state index in [2.05, 4.69) is 10.3 Å². The zero-order valence-corrected chi connectivity index (χ0v) is 14.7. The number of hydrogen-bond donors (Lipinski definition) is 2. The summed E-state index contributed by atoms with van der Waals surface area (Å²) in [6.45, 7) is 1.73. The lowest BCUT2D eigenvalue weighted by molar-refractivity contribution is -0.139. The summed E-state index contributed by atoms with van der Waals surface area (Å²) in [7, 11) is 0. The van der Waals surface area contributed by atoms with Crippen molar-refractivity contribution in [2.75, 3.05) is 13.2 Å². The molecule has 0 bridgehead atoms. The molecule has 24 heavy (non-hydrogen) atoms. The lowest BCUT2D eigenvalue weighted by Gasteiger charge is -2.36. The fraction of sp³-hybridized carbons (Fsp3) is 0.412. The first-order valence-electron chi connectivity index (χ1n) is 7.81. The van der Waals surface area contributed by atoms with E-state index in [9.17, 15) is 9.90 Å². The third kappa shape index (κ3) is 4.33. The third-order valence-electron chi connectivity index (χ3n) is 4.23. The Hall–Kier alpha value is -1.47. The normalized spacial score (nSPS) is 16.9. The number of nitrogens with zero attached hydrogens (tertiary/aromatic N) is 1. The van der Waals surface area contributed by atoms with Gasteiger partial charge in [0.2, 0.25) is 0 Å². The molecule has 0 radical (unpaired) electrons. The highest BCUT2D eigenvalue weighted by atomic mass is 35.5. The summed E-state index contributed by atoms with van der Waals surface area (Å²) in [5.74, 6) is -0.789. The molecule has 1 aromatic carbocycles. The Morgan fingerprint density at radius 1 is 1.42 bits per heavy atom. The second-order valence-electron chi connectivity index (χ2n) is 5.95. The summed E-state index contributed by atoms with van der Waals surface area (Å²) >= 11 is 7.59. The molecule has 0 saturated carbocycles. The standard InChI is InChI=1S/C17H19ClN2O3S/c18-13-3-1-2-12(8-13)14-11-24-15(20-14)10-19-17(9-16(21)22)4-6-23-7-5-17/h1-3,8,11,19H,4-7,9-10H2,(H,21,22). The summed E-state index contributed by atoms with van der Waals surface area (Å²) in [5.41, 5.74) is 1.46. The van der Waals surface area contributed by atoms with E-state index in [1.807, 2.05) is 29.6 Å². The molecule has 5 nitrogen and oxygen atoms in total. The van der Waals surface area contributed by atoms with Crippen LogP contribution in [0.25, 0.3) is 11.3 Å². The number of nitrogens with one attached hydrogen (secondary N) is 1. The number of hydrogen-bond acceptors (Lipinski definition) is 5. The predicted molar refractivity (Wildman–Crippen MR) is 94.4 cm³/mol. The van der Waals surface area contributed by atoms with Gasteiger partial charge in [-0.05, 0) is 25.0 Å². The van der Waals surface area contributed by atoms with E-state index < -0.39 is 11.5 Å². The Morgan fingerprint density at radius 3 is 2.92 bits per heavy atom. The van der Waals surface area contributed by atoms with Gasteiger partial charge in [0.05, 0.1) is 12.1 Å². The Morgan fingerprint density at radius 2 is 2.21 bits per heavy atom.